The van der Waals surface area contributed by atoms with Gasteiger partial charge in [0.2, 0.25) is 5.91 Å². The van der Waals surface area contributed by atoms with Crippen molar-refractivity contribution in [2.45, 2.75) is 32.4 Å². The molecule has 0 aliphatic carbocycles. The first-order valence-corrected chi connectivity index (χ1v) is 8.80. The number of likely N-dealkylation sites (tertiary alicyclic amines) is 1. The molecule has 2 heterocycles. The van der Waals surface area contributed by atoms with Gasteiger partial charge in [0.25, 0.3) is 0 Å². The van der Waals surface area contributed by atoms with Crippen LogP contribution in [0.1, 0.15) is 30.0 Å². The SMILES string of the molecule is COc1cccc([C@H]2CCCN2C(=O)CNCCn2cc(C)cn2)c1. The Hall–Kier alpha value is -2.34. The first-order valence-electron chi connectivity index (χ1n) is 8.80. The minimum Gasteiger partial charge on any atom is -0.497 e. The van der Waals surface area contributed by atoms with Gasteiger partial charge in [0, 0.05) is 19.3 Å². The summed E-state index contributed by atoms with van der Waals surface area (Å²) < 4.78 is 7.20. The lowest BCUT2D eigenvalue weighted by molar-refractivity contribution is -0.131. The Morgan fingerprint density at radius 3 is 3.08 bits per heavy atom. The normalized spacial score (nSPS) is 17.0. The lowest BCUT2D eigenvalue weighted by atomic mass is 10.0. The van der Waals surface area contributed by atoms with Gasteiger partial charge in [-0.25, -0.2) is 0 Å². The zero-order valence-electron chi connectivity index (χ0n) is 14.9. The number of hydrogen-bond acceptors (Lipinski definition) is 4. The number of nitrogens with one attached hydrogen (secondary N) is 1. The Morgan fingerprint density at radius 2 is 2.32 bits per heavy atom. The predicted octanol–water partition coefficient (Wildman–Crippen LogP) is 2.15. The molecule has 1 fully saturated rings. The van der Waals surface area contributed by atoms with Gasteiger partial charge in [-0.05, 0) is 43.0 Å². The second kappa shape index (κ2) is 8.16. The van der Waals surface area contributed by atoms with E-state index >= 15 is 0 Å². The second-order valence-electron chi connectivity index (χ2n) is 6.48. The number of amides is 1. The fourth-order valence-corrected chi connectivity index (χ4v) is 3.34. The zero-order valence-corrected chi connectivity index (χ0v) is 14.9. The molecule has 1 N–H and O–H groups in total. The van der Waals surface area contributed by atoms with E-state index in [2.05, 4.69) is 16.5 Å². The highest BCUT2D eigenvalue weighted by atomic mass is 16.5. The quantitative estimate of drug-likeness (QED) is 0.784. The maximum Gasteiger partial charge on any atom is 0.237 e. The van der Waals surface area contributed by atoms with E-state index in [9.17, 15) is 4.79 Å². The van der Waals surface area contributed by atoms with E-state index in [1.165, 1.54) is 0 Å². The molecule has 1 aliphatic rings. The first-order chi connectivity index (χ1) is 12.2. The third-order valence-corrected chi connectivity index (χ3v) is 4.61. The smallest absolute Gasteiger partial charge is 0.237 e. The van der Waals surface area contributed by atoms with Crippen LogP contribution in [0.2, 0.25) is 0 Å². The summed E-state index contributed by atoms with van der Waals surface area (Å²) in [7, 11) is 1.67. The van der Waals surface area contributed by atoms with Crippen molar-refractivity contribution in [3.8, 4) is 5.75 Å². The average molecular weight is 342 g/mol. The monoisotopic (exact) mass is 342 g/mol. The fraction of sp³-hybridized carbons (Fsp3) is 0.474. The molecular formula is C19H26N4O2. The van der Waals surface area contributed by atoms with E-state index < -0.39 is 0 Å². The van der Waals surface area contributed by atoms with Gasteiger partial charge in [-0.15, -0.1) is 0 Å². The van der Waals surface area contributed by atoms with Crippen molar-refractivity contribution in [2.24, 2.45) is 0 Å². The van der Waals surface area contributed by atoms with Crippen LogP contribution in [0.15, 0.2) is 36.7 Å². The van der Waals surface area contributed by atoms with E-state index in [0.29, 0.717) is 6.54 Å². The first kappa shape index (κ1) is 17.5. The summed E-state index contributed by atoms with van der Waals surface area (Å²) >= 11 is 0. The molecule has 0 radical (unpaired) electrons. The Balaban J connectivity index is 1.51. The molecule has 1 aromatic heterocycles. The molecule has 1 amide bonds. The topological polar surface area (TPSA) is 59.4 Å². The van der Waals surface area contributed by atoms with Crippen LogP contribution >= 0.6 is 0 Å². The third kappa shape index (κ3) is 4.39. The van der Waals surface area contributed by atoms with Crippen LogP contribution in [-0.4, -0.2) is 47.3 Å². The number of nitrogens with zero attached hydrogens (tertiary/aromatic N) is 3. The highest BCUT2D eigenvalue weighted by Crippen LogP contribution is 2.33. The molecule has 25 heavy (non-hydrogen) atoms. The number of aryl methyl sites for hydroxylation is 1. The van der Waals surface area contributed by atoms with Crippen LogP contribution in [-0.2, 0) is 11.3 Å². The van der Waals surface area contributed by atoms with Crippen molar-refractivity contribution in [1.29, 1.82) is 0 Å². The van der Waals surface area contributed by atoms with Gasteiger partial charge < -0.3 is 15.0 Å². The molecule has 6 heteroatoms. The van der Waals surface area contributed by atoms with Crippen LogP contribution in [0.5, 0.6) is 5.75 Å². The molecule has 0 spiro atoms. The molecule has 0 saturated carbocycles. The van der Waals surface area contributed by atoms with Crippen LogP contribution in [0, 0.1) is 6.92 Å². The van der Waals surface area contributed by atoms with E-state index in [-0.39, 0.29) is 11.9 Å². The highest BCUT2D eigenvalue weighted by Gasteiger charge is 2.29. The van der Waals surface area contributed by atoms with Gasteiger partial charge in [-0.1, -0.05) is 12.1 Å². The minimum atomic E-state index is 0.151. The number of benzene rings is 1. The highest BCUT2D eigenvalue weighted by molar-refractivity contribution is 5.79. The maximum absolute atomic E-state index is 12.6. The lowest BCUT2D eigenvalue weighted by Gasteiger charge is -2.25. The van der Waals surface area contributed by atoms with Gasteiger partial charge in [0.15, 0.2) is 0 Å². The van der Waals surface area contributed by atoms with Crippen LogP contribution in [0.25, 0.3) is 0 Å². The molecule has 0 bridgehead atoms. The van der Waals surface area contributed by atoms with Crippen LogP contribution in [0.4, 0.5) is 0 Å². The maximum atomic E-state index is 12.6. The molecule has 3 rings (SSSR count). The molecule has 0 unspecified atom stereocenters. The number of carbonyl (C=O) groups is 1. The summed E-state index contributed by atoms with van der Waals surface area (Å²) in [6.07, 6.45) is 5.89. The van der Waals surface area contributed by atoms with Gasteiger partial charge in [-0.3, -0.25) is 9.48 Å². The van der Waals surface area contributed by atoms with Gasteiger partial charge in [0.1, 0.15) is 5.75 Å². The van der Waals surface area contributed by atoms with Crippen molar-refractivity contribution >= 4 is 5.91 Å². The van der Waals surface area contributed by atoms with Crippen molar-refractivity contribution in [3.05, 3.63) is 47.8 Å². The number of carbonyl (C=O) groups excluding carboxylic acids is 1. The third-order valence-electron chi connectivity index (χ3n) is 4.61. The van der Waals surface area contributed by atoms with Crippen molar-refractivity contribution in [2.75, 3.05) is 26.7 Å². The number of hydrogen-bond donors (Lipinski definition) is 1. The Kier molecular flexibility index (Phi) is 5.71. The molecule has 1 saturated heterocycles. The number of rotatable bonds is 7. The Morgan fingerprint density at radius 1 is 1.44 bits per heavy atom. The van der Waals surface area contributed by atoms with Crippen LogP contribution < -0.4 is 10.1 Å². The molecule has 1 aliphatic heterocycles. The predicted molar refractivity (Wildman–Crippen MR) is 96.5 cm³/mol. The standard InChI is InChI=1S/C19H26N4O2/c1-15-12-21-22(14-15)10-8-20-13-19(24)23-9-4-7-18(23)16-5-3-6-17(11-16)25-2/h3,5-6,11-12,14,18,20H,4,7-10,13H2,1-2H3/t18-/m1/s1. The molecule has 2 aromatic rings. The van der Waals surface area contributed by atoms with Crippen molar-refractivity contribution in [1.82, 2.24) is 20.0 Å². The van der Waals surface area contributed by atoms with Crippen LogP contribution in [0.3, 0.4) is 0 Å². The largest absolute Gasteiger partial charge is 0.497 e. The number of aromatic nitrogens is 2. The summed E-state index contributed by atoms with van der Waals surface area (Å²) in [5.41, 5.74) is 2.30. The average Bonchev–Trinajstić information content (AvgIpc) is 3.27. The molecule has 1 atom stereocenters. The molecule has 6 nitrogen and oxygen atoms in total. The molecular weight excluding hydrogens is 316 g/mol. The summed E-state index contributed by atoms with van der Waals surface area (Å²) in [6.45, 7) is 4.69. The van der Waals surface area contributed by atoms with E-state index in [0.717, 1.165) is 49.4 Å². The number of ether oxygens (including phenoxy) is 1. The van der Waals surface area contributed by atoms with E-state index in [1.54, 1.807) is 7.11 Å². The van der Waals surface area contributed by atoms with Gasteiger partial charge in [-0.2, -0.15) is 5.10 Å². The molecule has 134 valence electrons. The zero-order chi connectivity index (χ0) is 17.6. The van der Waals surface area contributed by atoms with Crippen molar-refractivity contribution in [3.63, 3.8) is 0 Å². The summed E-state index contributed by atoms with van der Waals surface area (Å²) in [5.74, 6) is 0.992. The van der Waals surface area contributed by atoms with Crippen molar-refractivity contribution < 1.29 is 9.53 Å². The summed E-state index contributed by atoms with van der Waals surface area (Å²) in [4.78, 5) is 14.6. The number of methoxy groups -OCH3 is 1. The second-order valence-corrected chi connectivity index (χ2v) is 6.48. The lowest BCUT2D eigenvalue weighted by Crippen LogP contribution is -2.38. The Labute approximate surface area is 148 Å². The van der Waals surface area contributed by atoms with Gasteiger partial charge >= 0.3 is 0 Å². The minimum absolute atomic E-state index is 0.151. The molecule has 1 aromatic carbocycles. The van der Waals surface area contributed by atoms with E-state index in [4.69, 9.17) is 4.74 Å². The van der Waals surface area contributed by atoms with Gasteiger partial charge in [0.05, 0.1) is 32.4 Å². The van der Waals surface area contributed by atoms with E-state index in [1.807, 2.05) is 47.1 Å². The Bertz CT molecular complexity index is 713. The summed E-state index contributed by atoms with van der Waals surface area (Å²) in [5, 5.41) is 7.49. The fourth-order valence-electron chi connectivity index (χ4n) is 3.34. The summed E-state index contributed by atoms with van der Waals surface area (Å²) in [6, 6.07) is 8.18.